The van der Waals surface area contributed by atoms with Gasteiger partial charge in [-0.2, -0.15) is 0 Å². The minimum atomic E-state index is 0.00734. The predicted octanol–water partition coefficient (Wildman–Crippen LogP) is 2.01. The van der Waals surface area contributed by atoms with Gasteiger partial charge < -0.3 is 20.3 Å². The second-order valence-corrected chi connectivity index (χ2v) is 7.15. The molecule has 1 amide bonds. The molecule has 1 aliphatic rings. The van der Waals surface area contributed by atoms with Gasteiger partial charge in [-0.3, -0.25) is 4.79 Å². The Hall–Kier alpha value is -1.30. The Bertz CT molecular complexity index is 377. The van der Waals surface area contributed by atoms with E-state index in [1.165, 1.54) is 32.1 Å². The maximum Gasteiger partial charge on any atom is 0.243 e. The van der Waals surface area contributed by atoms with E-state index in [-0.39, 0.29) is 12.5 Å². The number of carbonyl (C=O) groups excluding carboxylic acids is 1. The first-order valence-corrected chi connectivity index (χ1v) is 9.31. The summed E-state index contributed by atoms with van der Waals surface area (Å²) in [6.07, 6.45) is 7.28. The van der Waals surface area contributed by atoms with Crippen molar-refractivity contribution in [2.24, 2.45) is 10.9 Å². The van der Waals surface area contributed by atoms with Crippen molar-refractivity contribution in [1.82, 2.24) is 15.5 Å². The van der Waals surface area contributed by atoms with Crippen LogP contribution < -0.4 is 10.6 Å². The van der Waals surface area contributed by atoms with Crippen LogP contribution in [-0.2, 0) is 9.53 Å². The van der Waals surface area contributed by atoms with Gasteiger partial charge in [0, 0.05) is 33.3 Å². The molecule has 6 nitrogen and oxygen atoms in total. The van der Waals surface area contributed by atoms with E-state index < -0.39 is 0 Å². The van der Waals surface area contributed by atoms with Gasteiger partial charge in [-0.25, -0.2) is 4.99 Å². The number of aliphatic imine (C=N–C) groups is 1. The third-order valence-corrected chi connectivity index (χ3v) is 4.20. The lowest BCUT2D eigenvalue weighted by atomic mass is 9.96. The maximum absolute atomic E-state index is 11.8. The number of rotatable bonds is 9. The molecular weight excluding hydrogens is 304 g/mol. The van der Waals surface area contributed by atoms with Crippen molar-refractivity contribution in [3.63, 3.8) is 0 Å². The molecule has 1 aliphatic carbocycles. The second-order valence-electron chi connectivity index (χ2n) is 7.15. The zero-order valence-electron chi connectivity index (χ0n) is 15.9. The number of carbonyl (C=O) groups is 1. The molecule has 0 aromatic carbocycles. The van der Waals surface area contributed by atoms with Crippen LogP contribution in [0.15, 0.2) is 4.99 Å². The number of ether oxygens (including phenoxy) is 1. The van der Waals surface area contributed by atoms with E-state index in [0.717, 1.165) is 19.0 Å². The molecule has 0 bridgehead atoms. The van der Waals surface area contributed by atoms with Crippen LogP contribution >= 0.6 is 0 Å². The number of likely N-dealkylation sites (N-methyl/N-ethyl adjacent to an activating group) is 1. The third-order valence-electron chi connectivity index (χ3n) is 4.20. The summed E-state index contributed by atoms with van der Waals surface area (Å²) >= 11 is 0. The molecule has 2 N–H and O–H groups in total. The highest BCUT2D eigenvalue weighted by Crippen LogP contribution is 2.17. The molecule has 1 rings (SSSR count). The molecule has 1 saturated carbocycles. The van der Waals surface area contributed by atoms with Crippen LogP contribution in [0.1, 0.15) is 52.4 Å². The molecule has 6 heteroatoms. The topological polar surface area (TPSA) is 66.0 Å². The summed E-state index contributed by atoms with van der Waals surface area (Å²) < 4.78 is 5.63. The highest BCUT2D eigenvalue weighted by molar-refractivity contribution is 5.84. The van der Waals surface area contributed by atoms with Gasteiger partial charge in [0.25, 0.3) is 0 Å². The molecule has 0 heterocycles. The van der Waals surface area contributed by atoms with Crippen molar-refractivity contribution >= 4 is 11.9 Å². The number of nitrogens with one attached hydrogen (secondary N) is 2. The van der Waals surface area contributed by atoms with E-state index in [1.807, 2.05) is 0 Å². The molecule has 0 unspecified atom stereocenters. The fourth-order valence-electron chi connectivity index (χ4n) is 2.54. The van der Waals surface area contributed by atoms with Crippen LogP contribution in [0.25, 0.3) is 0 Å². The summed E-state index contributed by atoms with van der Waals surface area (Å²) in [5.74, 6) is 1.40. The number of guanidine groups is 1. The van der Waals surface area contributed by atoms with E-state index in [9.17, 15) is 4.79 Å². The van der Waals surface area contributed by atoms with Gasteiger partial charge in [0.15, 0.2) is 5.96 Å². The van der Waals surface area contributed by atoms with E-state index in [1.54, 1.807) is 19.0 Å². The van der Waals surface area contributed by atoms with Crippen molar-refractivity contribution in [1.29, 1.82) is 0 Å². The molecule has 0 aromatic rings. The van der Waals surface area contributed by atoms with E-state index in [0.29, 0.717) is 25.1 Å². The lowest BCUT2D eigenvalue weighted by Gasteiger charge is -2.25. The van der Waals surface area contributed by atoms with Gasteiger partial charge in [0.1, 0.15) is 6.54 Å². The average Bonchev–Trinajstić information content (AvgIpc) is 2.55. The van der Waals surface area contributed by atoms with Crippen molar-refractivity contribution < 1.29 is 9.53 Å². The quantitative estimate of drug-likeness (QED) is 0.383. The zero-order valence-corrected chi connectivity index (χ0v) is 15.9. The van der Waals surface area contributed by atoms with Gasteiger partial charge in [-0.05, 0) is 25.2 Å². The molecular formula is C18H36N4O2. The van der Waals surface area contributed by atoms with Crippen LogP contribution in [-0.4, -0.2) is 63.2 Å². The van der Waals surface area contributed by atoms with Crippen LogP contribution in [0, 0.1) is 5.92 Å². The zero-order chi connectivity index (χ0) is 17.8. The van der Waals surface area contributed by atoms with E-state index in [2.05, 4.69) is 29.5 Å². The summed E-state index contributed by atoms with van der Waals surface area (Å²) in [6.45, 7) is 6.71. The Morgan fingerprint density at radius 1 is 1.21 bits per heavy atom. The van der Waals surface area contributed by atoms with Crippen molar-refractivity contribution in [3.8, 4) is 0 Å². The normalized spacial score (nSPS) is 16.3. The molecule has 0 spiro atoms. The first-order valence-electron chi connectivity index (χ1n) is 9.31. The van der Waals surface area contributed by atoms with Gasteiger partial charge in [-0.15, -0.1) is 0 Å². The second kappa shape index (κ2) is 12.1. The minimum Gasteiger partial charge on any atom is -0.380 e. The standard InChI is InChI=1S/C18H36N4O2/c1-15(2)10-12-24-13-11-19-18(20-14-17(23)22(3)4)21-16-8-6-5-7-9-16/h15-16H,5-14H2,1-4H3,(H2,19,20,21). The lowest BCUT2D eigenvalue weighted by molar-refractivity contribution is -0.127. The fourth-order valence-corrected chi connectivity index (χ4v) is 2.54. The fraction of sp³-hybridized carbons (Fsp3) is 0.889. The molecule has 1 fully saturated rings. The van der Waals surface area contributed by atoms with E-state index in [4.69, 9.17) is 4.74 Å². The summed E-state index contributed by atoms with van der Waals surface area (Å²) in [6, 6.07) is 0.460. The highest BCUT2D eigenvalue weighted by atomic mass is 16.5. The Labute approximate surface area is 147 Å². The molecule has 0 aromatic heterocycles. The third kappa shape index (κ3) is 9.75. The van der Waals surface area contributed by atoms with Crippen LogP contribution in [0.2, 0.25) is 0 Å². The summed E-state index contributed by atoms with van der Waals surface area (Å²) in [4.78, 5) is 17.8. The molecule has 140 valence electrons. The largest absolute Gasteiger partial charge is 0.380 e. The lowest BCUT2D eigenvalue weighted by Crippen LogP contribution is -2.45. The van der Waals surface area contributed by atoms with Crippen molar-refractivity contribution in [3.05, 3.63) is 0 Å². The number of nitrogens with zero attached hydrogens (tertiary/aromatic N) is 2. The summed E-state index contributed by atoms with van der Waals surface area (Å²) in [5, 5.41) is 6.76. The SMILES string of the molecule is CC(C)CCOCCNC(=NCC(=O)N(C)C)NC1CCCCC1. The van der Waals surface area contributed by atoms with Gasteiger partial charge in [0.2, 0.25) is 5.91 Å². The number of hydrogen-bond donors (Lipinski definition) is 2. The van der Waals surface area contributed by atoms with Gasteiger partial charge >= 0.3 is 0 Å². The smallest absolute Gasteiger partial charge is 0.243 e. The van der Waals surface area contributed by atoms with Gasteiger partial charge in [0.05, 0.1) is 6.61 Å². The first-order chi connectivity index (χ1) is 11.5. The van der Waals surface area contributed by atoms with Crippen LogP contribution in [0.4, 0.5) is 0 Å². The van der Waals surface area contributed by atoms with Crippen molar-refractivity contribution in [2.45, 2.75) is 58.4 Å². The summed E-state index contributed by atoms with van der Waals surface area (Å²) in [7, 11) is 3.50. The van der Waals surface area contributed by atoms with E-state index >= 15 is 0 Å². The molecule has 0 aliphatic heterocycles. The average molecular weight is 341 g/mol. The van der Waals surface area contributed by atoms with Crippen molar-refractivity contribution in [2.75, 3.05) is 40.4 Å². The number of hydrogen-bond acceptors (Lipinski definition) is 3. The first kappa shape index (κ1) is 20.7. The molecule has 0 radical (unpaired) electrons. The Morgan fingerprint density at radius 3 is 2.54 bits per heavy atom. The Morgan fingerprint density at radius 2 is 1.92 bits per heavy atom. The monoisotopic (exact) mass is 340 g/mol. The maximum atomic E-state index is 11.8. The number of amides is 1. The van der Waals surface area contributed by atoms with Crippen LogP contribution in [0.3, 0.4) is 0 Å². The minimum absolute atomic E-state index is 0.00734. The van der Waals surface area contributed by atoms with Crippen LogP contribution in [0.5, 0.6) is 0 Å². The summed E-state index contributed by atoms with van der Waals surface area (Å²) in [5.41, 5.74) is 0. The Balaban J connectivity index is 2.38. The Kier molecular flexibility index (Phi) is 10.5. The van der Waals surface area contributed by atoms with Gasteiger partial charge in [-0.1, -0.05) is 33.1 Å². The molecule has 0 saturated heterocycles. The molecule has 0 atom stereocenters. The molecule has 24 heavy (non-hydrogen) atoms. The predicted molar refractivity (Wildman–Crippen MR) is 99.3 cm³/mol. The highest BCUT2D eigenvalue weighted by Gasteiger charge is 2.15.